The van der Waals surface area contributed by atoms with Gasteiger partial charge < -0.3 is 0 Å². The quantitative estimate of drug-likeness (QED) is 0.120. The van der Waals surface area contributed by atoms with E-state index < -0.39 is 23.5 Å². The second-order valence-electron chi connectivity index (χ2n) is 13.4. The number of aromatic nitrogens is 4. The third-order valence-electron chi connectivity index (χ3n) is 9.51. The molecular weight excluding hydrogens is 699 g/mol. The molecular formula is C44H36F6N4+4. The van der Waals surface area contributed by atoms with Crippen LogP contribution in [0.2, 0.25) is 0 Å². The van der Waals surface area contributed by atoms with Gasteiger partial charge in [-0.05, 0) is 70.8 Å². The molecule has 4 nitrogen and oxygen atoms in total. The molecule has 0 amide bonds. The van der Waals surface area contributed by atoms with Crippen LogP contribution in [0.4, 0.5) is 26.3 Å². The van der Waals surface area contributed by atoms with E-state index in [-0.39, 0.29) is 0 Å². The molecule has 0 radical (unpaired) electrons. The second-order valence-corrected chi connectivity index (χ2v) is 13.4. The fourth-order valence-corrected chi connectivity index (χ4v) is 6.74. The number of alkyl halides is 6. The van der Waals surface area contributed by atoms with E-state index in [1.54, 1.807) is 0 Å². The first kappa shape index (κ1) is 36.2. The van der Waals surface area contributed by atoms with Crippen molar-refractivity contribution in [2.24, 2.45) is 14.1 Å². The van der Waals surface area contributed by atoms with Crippen molar-refractivity contribution in [3.05, 3.63) is 169 Å². The zero-order valence-electron chi connectivity index (χ0n) is 29.9. The SMILES string of the molecule is Cc1cc(-c2cc[n+](C)cc2)cc(C)[n+]1-c1ccc(-[n+]2c(-c3ccc(C(F)(F)F)cc3)cc(-c3cc[n+](C)cc3)cc2-c2ccc(C(F)(F)F)cc2)cc1. The largest absolute Gasteiger partial charge is 0.416 e. The number of benzene rings is 3. The number of halogens is 6. The van der Waals surface area contributed by atoms with Gasteiger partial charge in [0.1, 0.15) is 14.1 Å². The highest BCUT2D eigenvalue weighted by Gasteiger charge is 2.33. The maximum Gasteiger partial charge on any atom is 0.416 e. The third kappa shape index (κ3) is 7.37. The molecule has 0 saturated heterocycles. The van der Waals surface area contributed by atoms with Gasteiger partial charge in [0.15, 0.2) is 36.2 Å². The molecule has 0 unspecified atom stereocenters. The van der Waals surface area contributed by atoms with Gasteiger partial charge in [-0.2, -0.15) is 35.5 Å². The van der Waals surface area contributed by atoms with Crippen LogP contribution < -0.4 is 18.3 Å². The van der Waals surface area contributed by atoms with Crippen LogP contribution >= 0.6 is 0 Å². The fraction of sp³-hybridized carbons (Fsp3) is 0.136. The summed E-state index contributed by atoms with van der Waals surface area (Å²) in [5.74, 6) is 0. The van der Waals surface area contributed by atoms with Gasteiger partial charge in [0.05, 0.1) is 11.1 Å². The number of hydrogen-bond donors (Lipinski definition) is 0. The first-order valence-corrected chi connectivity index (χ1v) is 17.2. The summed E-state index contributed by atoms with van der Waals surface area (Å²) < 4.78 is 89.8. The van der Waals surface area contributed by atoms with E-state index in [1.807, 2.05) is 115 Å². The van der Waals surface area contributed by atoms with Gasteiger partial charge in [0, 0.05) is 97.8 Å². The van der Waals surface area contributed by atoms with Crippen LogP contribution in [0.3, 0.4) is 0 Å². The van der Waals surface area contributed by atoms with Crippen LogP contribution in [0.25, 0.3) is 56.1 Å². The van der Waals surface area contributed by atoms with Crippen molar-refractivity contribution in [3.63, 3.8) is 0 Å². The highest BCUT2D eigenvalue weighted by Crippen LogP contribution is 2.35. The first-order valence-electron chi connectivity index (χ1n) is 17.2. The van der Waals surface area contributed by atoms with E-state index in [1.165, 1.54) is 24.3 Å². The van der Waals surface area contributed by atoms with E-state index in [0.717, 1.165) is 63.6 Å². The molecule has 0 saturated carbocycles. The molecule has 0 aliphatic carbocycles. The maximum atomic E-state index is 13.7. The second kappa shape index (κ2) is 14.0. The molecule has 10 heteroatoms. The third-order valence-corrected chi connectivity index (χ3v) is 9.51. The maximum absolute atomic E-state index is 13.7. The summed E-state index contributed by atoms with van der Waals surface area (Å²) in [7, 11) is 3.85. The molecule has 4 heterocycles. The Morgan fingerprint density at radius 2 is 0.704 bits per heavy atom. The average molecular weight is 735 g/mol. The van der Waals surface area contributed by atoms with Crippen LogP contribution in [-0.2, 0) is 26.4 Å². The molecule has 7 aromatic rings. The summed E-state index contributed by atoms with van der Waals surface area (Å²) in [4.78, 5) is 0. The minimum atomic E-state index is -4.53. The van der Waals surface area contributed by atoms with Gasteiger partial charge in [0.2, 0.25) is 22.8 Å². The highest BCUT2D eigenvalue weighted by atomic mass is 19.4. The van der Waals surface area contributed by atoms with Crippen LogP contribution in [0, 0.1) is 13.8 Å². The Balaban J connectivity index is 1.42. The van der Waals surface area contributed by atoms with Crippen LogP contribution in [0.15, 0.2) is 146 Å². The molecule has 54 heavy (non-hydrogen) atoms. The smallest absolute Gasteiger partial charge is 0.208 e. The lowest BCUT2D eigenvalue weighted by molar-refractivity contribution is -0.671. The Bertz CT molecular complexity index is 2350. The van der Waals surface area contributed by atoms with Gasteiger partial charge in [-0.1, -0.05) is 0 Å². The zero-order valence-corrected chi connectivity index (χ0v) is 29.9. The summed E-state index contributed by atoms with van der Waals surface area (Å²) >= 11 is 0. The minimum Gasteiger partial charge on any atom is -0.208 e. The lowest BCUT2D eigenvalue weighted by Gasteiger charge is -2.14. The van der Waals surface area contributed by atoms with Crippen molar-refractivity contribution in [1.82, 2.24) is 0 Å². The van der Waals surface area contributed by atoms with Crippen LogP contribution in [0.5, 0.6) is 0 Å². The van der Waals surface area contributed by atoms with Gasteiger partial charge in [-0.15, -0.1) is 0 Å². The van der Waals surface area contributed by atoms with Gasteiger partial charge >= 0.3 is 12.4 Å². The standard InChI is InChI=1S/C44H36F6N4/c1-29-25-35(31-17-21-51(3)22-18-31)26-30(2)53(29)39-13-15-40(16-14-39)54-41(33-5-9-37(10-6-33)43(45,46)47)27-36(32-19-23-52(4)24-20-32)28-42(54)34-7-11-38(12-8-34)44(48,49)50/h5-28H,1-4H3/q+4. The van der Waals surface area contributed by atoms with Gasteiger partial charge in [0.25, 0.3) is 0 Å². The molecule has 3 aromatic carbocycles. The highest BCUT2D eigenvalue weighted by molar-refractivity contribution is 5.74. The molecule has 0 aliphatic rings. The van der Waals surface area contributed by atoms with Crippen molar-refractivity contribution in [1.29, 1.82) is 0 Å². The van der Waals surface area contributed by atoms with E-state index in [4.69, 9.17) is 0 Å². The van der Waals surface area contributed by atoms with Crippen molar-refractivity contribution in [2.75, 3.05) is 0 Å². The van der Waals surface area contributed by atoms with Crippen molar-refractivity contribution in [2.45, 2.75) is 26.2 Å². The summed E-state index contributed by atoms with van der Waals surface area (Å²) in [6.45, 7) is 4.08. The van der Waals surface area contributed by atoms with Gasteiger partial charge in [-0.3, -0.25) is 0 Å². The summed E-state index contributed by atoms with van der Waals surface area (Å²) in [5.41, 5.74) is 7.85. The lowest BCUT2D eigenvalue weighted by Crippen LogP contribution is -2.39. The van der Waals surface area contributed by atoms with Gasteiger partial charge in [-0.25, -0.2) is 9.13 Å². The number of nitrogens with zero attached hydrogens (tertiary/aromatic N) is 4. The molecule has 0 bridgehead atoms. The molecule has 0 atom stereocenters. The summed E-state index contributed by atoms with van der Waals surface area (Å²) in [6.07, 6.45) is -1.30. The molecule has 0 fully saturated rings. The molecule has 4 aromatic heterocycles. The Kier molecular flexibility index (Phi) is 9.39. The number of hydrogen-bond acceptors (Lipinski definition) is 0. The minimum absolute atomic E-state index is 0.495. The lowest BCUT2D eigenvalue weighted by atomic mass is 9.98. The molecule has 0 aliphatic heterocycles. The monoisotopic (exact) mass is 734 g/mol. The van der Waals surface area contributed by atoms with Crippen LogP contribution in [-0.4, -0.2) is 0 Å². The normalized spacial score (nSPS) is 11.9. The van der Waals surface area contributed by atoms with E-state index >= 15 is 0 Å². The van der Waals surface area contributed by atoms with Crippen molar-refractivity contribution >= 4 is 0 Å². The predicted molar refractivity (Wildman–Crippen MR) is 193 cm³/mol. The number of aryl methyl sites for hydroxylation is 4. The Hall–Kier alpha value is -6.16. The topological polar surface area (TPSA) is 15.5 Å². The predicted octanol–water partition coefficient (Wildman–Crippen LogP) is 9.21. The summed E-state index contributed by atoms with van der Waals surface area (Å²) in [6, 6.07) is 33.6. The fourth-order valence-electron chi connectivity index (χ4n) is 6.74. The number of pyridine rings is 4. The molecule has 0 N–H and O–H groups in total. The van der Waals surface area contributed by atoms with Crippen LogP contribution in [0.1, 0.15) is 22.5 Å². The van der Waals surface area contributed by atoms with E-state index in [2.05, 4.69) is 28.8 Å². The van der Waals surface area contributed by atoms with E-state index in [0.29, 0.717) is 28.2 Å². The molecule has 0 spiro atoms. The first-order chi connectivity index (χ1) is 25.7. The Labute approximate surface area is 309 Å². The average Bonchev–Trinajstić information content (AvgIpc) is 3.14. The van der Waals surface area contributed by atoms with E-state index in [9.17, 15) is 26.3 Å². The molecule has 270 valence electrons. The Morgan fingerprint density at radius 1 is 0.370 bits per heavy atom. The molecule has 7 rings (SSSR count). The van der Waals surface area contributed by atoms with Crippen molar-refractivity contribution < 1.29 is 44.6 Å². The van der Waals surface area contributed by atoms with Crippen molar-refractivity contribution in [3.8, 4) is 56.1 Å². The summed E-state index contributed by atoms with van der Waals surface area (Å²) in [5, 5.41) is 0. The zero-order chi connectivity index (χ0) is 38.4. The number of rotatable bonds is 6. The Morgan fingerprint density at radius 3 is 1.06 bits per heavy atom.